The number of aliphatic imine (C=N–C) groups is 1. The topological polar surface area (TPSA) is 59.6 Å². The van der Waals surface area contributed by atoms with E-state index in [0.717, 1.165) is 25.1 Å². The molecule has 0 amide bonds. The summed E-state index contributed by atoms with van der Waals surface area (Å²) in [5.74, 6) is 1.13. The number of hydrogen-bond donors (Lipinski definition) is 2. The van der Waals surface area contributed by atoms with Crippen LogP contribution in [0.1, 0.15) is 38.2 Å². The molecule has 3 fully saturated rings. The van der Waals surface area contributed by atoms with Crippen molar-refractivity contribution in [1.82, 2.24) is 0 Å². The molecule has 3 atom stereocenters. The van der Waals surface area contributed by atoms with Gasteiger partial charge in [-0.05, 0) is 43.4 Å². The third-order valence-corrected chi connectivity index (χ3v) is 5.90. The molecule has 1 aliphatic heterocycles. The summed E-state index contributed by atoms with van der Waals surface area (Å²) in [5, 5.41) is 3.25. The molecule has 1 saturated heterocycles. The summed E-state index contributed by atoms with van der Waals surface area (Å²) in [5.41, 5.74) is 8.82. The molecule has 1 aromatic rings. The molecule has 126 valence electrons. The van der Waals surface area contributed by atoms with Crippen molar-refractivity contribution in [3.63, 3.8) is 0 Å². The van der Waals surface area contributed by atoms with Crippen LogP contribution in [0.25, 0.3) is 0 Å². The van der Waals surface area contributed by atoms with Crippen molar-refractivity contribution in [3.05, 3.63) is 29.8 Å². The molecule has 1 spiro atoms. The highest BCUT2D eigenvalue weighted by atomic mass is 127. The van der Waals surface area contributed by atoms with Crippen LogP contribution in [-0.4, -0.2) is 24.7 Å². The number of guanidine groups is 1. The molecule has 0 radical (unpaired) electrons. The zero-order chi connectivity index (χ0) is 15.2. The summed E-state index contributed by atoms with van der Waals surface area (Å²) >= 11 is 0. The number of rotatable bonds is 3. The number of nitrogens with zero attached hydrogens (tertiary/aromatic N) is 1. The van der Waals surface area contributed by atoms with Crippen LogP contribution in [0, 0.1) is 11.3 Å². The first-order chi connectivity index (χ1) is 10.7. The highest BCUT2D eigenvalue weighted by Crippen LogP contribution is 2.64. The summed E-state index contributed by atoms with van der Waals surface area (Å²) in [4.78, 5) is 4.84. The molecule has 4 nitrogen and oxygen atoms in total. The maximum atomic E-state index is 6.17. The molecule has 2 aliphatic carbocycles. The van der Waals surface area contributed by atoms with Gasteiger partial charge < -0.3 is 15.8 Å². The van der Waals surface area contributed by atoms with Crippen LogP contribution in [0.4, 0.5) is 5.69 Å². The number of ether oxygens (including phenoxy) is 1. The van der Waals surface area contributed by atoms with Crippen LogP contribution in [0.15, 0.2) is 29.3 Å². The minimum Gasteiger partial charge on any atom is -0.377 e. The molecule has 3 aliphatic rings. The first-order valence-electron chi connectivity index (χ1n) is 8.54. The number of fused-ring (bicyclic) bond motifs is 2. The zero-order valence-corrected chi connectivity index (χ0v) is 16.0. The van der Waals surface area contributed by atoms with E-state index in [2.05, 4.69) is 36.5 Å². The van der Waals surface area contributed by atoms with Crippen LogP contribution < -0.4 is 11.1 Å². The zero-order valence-electron chi connectivity index (χ0n) is 13.6. The van der Waals surface area contributed by atoms with E-state index in [0.29, 0.717) is 29.4 Å². The smallest absolute Gasteiger partial charge is 0.193 e. The van der Waals surface area contributed by atoms with Crippen LogP contribution in [-0.2, 0) is 11.2 Å². The van der Waals surface area contributed by atoms with Crippen molar-refractivity contribution < 1.29 is 4.74 Å². The lowest BCUT2D eigenvalue weighted by Crippen LogP contribution is -2.65. The minimum absolute atomic E-state index is 0. The fourth-order valence-corrected chi connectivity index (χ4v) is 4.54. The molecule has 0 aromatic heterocycles. The van der Waals surface area contributed by atoms with E-state index in [1.807, 2.05) is 0 Å². The SMILES string of the molecule is CCc1ccc(NC(N)=NC2C3CCOC3C23CCC3)cc1.I. The monoisotopic (exact) mass is 427 g/mol. The molecule has 2 saturated carbocycles. The van der Waals surface area contributed by atoms with Gasteiger partial charge in [-0.15, -0.1) is 24.0 Å². The fraction of sp³-hybridized carbons (Fsp3) is 0.611. The van der Waals surface area contributed by atoms with E-state index in [1.54, 1.807) is 0 Å². The average molecular weight is 427 g/mol. The summed E-state index contributed by atoms with van der Waals surface area (Å²) in [6.07, 6.45) is 6.45. The maximum absolute atomic E-state index is 6.17. The molecular weight excluding hydrogens is 401 g/mol. The third-order valence-electron chi connectivity index (χ3n) is 5.90. The number of halogens is 1. The van der Waals surface area contributed by atoms with E-state index >= 15 is 0 Å². The van der Waals surface area contributed by atoms with E-state index < -0.39 is 0 Å². The lowest BCUT2D eigenvalue weighted by molar-refractivity contribution is -0.164. The first-order valence-corrected chi connectivity index (χ1v) is 8.54. The predicted molar refractivity (Wildman–Crippen MR) is 104 cm³/mol. The van der Waals surface area contributed by atoms with Gasteiger partial charge in [0.15, 0.2) is 5.96 Å². The van der Waals surface area contributed by atoms with Gasteiger partial charge in [-0.3, -0.25) is 0 Å². The number of nitrogens with two attached hydrogens (primary N) is 1. The van der Waals surface area contributed by atoms with Gasteiger partial charge in [0.1, 0.15) is 0 Å². The number of benzene rings is 1. The van der Waals surface area contributed by atoms with Crippen molar-refractivity contribution >= 4 is 35.6 Å². The second kappa shape index (κ2) is 6.59. The number of hydrogen-bond acceptors (Lipinski definition) is 2. The number of aryl methyl sites for hydroxylation is 1. The largest absolute Gasteiger partial charge is 0.377 e. The van der Waals surface area contributed by atoms with Crippen LogP contribution in [0.5, 0.6) is 0 Å². The second-order valence-corrected chi connectivity index (χ2v) is 6.97. The molecule has 3 N–H and O–H groups in total. The second-order valence-electron chi connectivity index (χ2n) is 6.97. The molecule has 5 heteroatoms. The van der Waals surface area contributed by atoms with Gasteiger partial charge in [0.05, 0.1) is 12.1 Å². The van der Waals surface area contributed by atoms with Crippen LogP contribution in [0.2, 0.25) is 0 Å². The van der Waals surface area contributed by atoms with E-state index in [-0.39, 0.29) is 24.0 Å². The predicted octanol–water partition coefficient (Wildman–Crippen LogP) is 3.55. The van der Waals surface area contributed by atoms with Crippen LogP contribution in [0.3, 0.4) is 0 Å². The summed E-state index contributed by atoms with van der Waals surface area (Å²) < 4.78 is 5.93. The molecule has 23 heavy (non-hydrogen) atoms. The van der Waals surface area contributed by atoms with Crippen molar-refractivity contribution in [2.24, 2.45) is 22.1 Å². The van der Waals surface area contributed by atoms with Crippen molar-refractivity contribution in [2.45, 2.75) is 51.2 Å². The fourth-order valence-electron chi connectivity index (χ4n) is 4.54. The molecule has 1 heterocycles. The first kappa shape index (κ1) is 17.0. The third kappa shape index (κ3) is 2.76. The van der Waals surface area contributed by atoms with E-state index in [4.69, 9.17) is 15.5 Å². The Morgan fingerprint density at radius 2 is 2.09 bits per heavy atom. The molecule has 3 unspecified atom stereocenters. The lowest BCUT2D eigenvalue weighted by Gasteiger charge is -2.61. The van der Waals surface area contributed by atoms with Gasteiger partial charge in [-0.25, -0.2) is 4.99 Å². The van der Waals surface area contributed by atoms with Gasteiger partial charge in [-0.1, -0.05) is 25.5 Å². The molecule has 0 bridgehead atoms. The normalized spacial score (nSPS) is 30.8. The number of anilines is 1. The van der Waals surface area contributed by atoms with E-state index in [1.165, 1.54) is 24.8 Å². The summed E-state index contributed by atoms with van der Waals surface area (Å²) in [7, 11) is 0. The standard InChI is InChI=1S/C18H25N3O.HI/c1-2-12-4-6-13(7-5-12)20-17(19)21-15-14-8-11-22-16(14)18(15)9-3-10-18;/h4-7,14-16H,2-3,8-11H2,1H3,(H3,19,20,21);1H. The Hall–Kier alpha value is -0.820. The van der Waals surface area contributed by atoms with Gasteiger partial charge in [-0.2, -0.15) is 0 Å². The van der Waals surface area contributed by atoms with Gasteiger partial charge in [0.2, 0.25) is 0 Å². The Labute approximate surface area is 155 Å². The highest BCUT2D eigenvalue weighted by Gasteiger charge is 2.66. The number of nitrogens with one attached hydrogen (secondary N) is 1. The Kier molecular flexibility index (Phi) is 4.88. The van der Waals surface area contributed by atoms with Gasteiger partial charge in [0, 0.05) is 23.6 Å². The minimum atomic E-state index is 0. The Bertz CT molecular complexity index is 582. The Balaban J connectivity index is 0.00000156. The quantitative estimate of drug-likeness (QED) is 0.441. The van der Waals surface area contributed by atoms with Crippen molar-refractivity contribution in [1.29, 1.82) is 0 Å². The lowest BCUT2D eigenvalue weighted by atomic mass is 9.46. The molecular formula is C18H26IN3O. The van der Waals surface area contributed by atoms with Crippen molar-refractivity contribution in [3.8, 4) is 0 Å². The Morgan fingerprint density at radius 3 is 2.70 bits per heavy atom. The maximum Gasteiger partial charge on any atom is 0.193 e. The van der Waals surface area contributed by atoms with Gasteiger partial charge >= 0.3 is 0 Å². The van der Waals surface area contributed by atoms with Crippen LogP contribution >= 0.6 is 24.0 Å². The summed E-state index contributed by atoms with van der Waals surface area (Å²) in [6, 6.07) is 8.77. The molecule has 1 aromatic carbocycles. The Morgan fingerprint density at radius 1 is 1.35 bits per heavy atom. The van der Waals surface area contributed by atoms with Crippen molar-refractivity contribution in [2.75, 3.05) is 11.9 Å². The highest BCUT2D eigenvalue weighted by molar-refractivity contribution is 14.0. The van der Waals surface area contributed by atoms with Gasteiger partial charge in [0.25, 0.3) is 0 Å². The molecule has 4 rings (SSSR count). The average Bonchev–Trinajstić information content (AvgIpc) is 2.89. The van der Waals surface area contributed by atoms with E-state index in [9.17, 15) is 0 Å². The summed E-state index contributed by atoms with van der Waals surface area (Å²) in [6.45, 7) is 3.06.